The second-order valence-corrected chi connectivity index (χ2v) is 5.54. The molecule has 0 heterocycles. The molecule has 4 heteroatoms. The second-order valence-electron chi connectivity index (χ2n) is 3.22. The molecule has 0 aliphatic heterocycles. The monoisotopic (exact) mass is 344 g/mol. The number of rotatable bonds is 5. The third-order valence-corrected chi connectivity index (χ3v) is 3.74. The average molecular weight is 344 g/mol. The highest BCUT2D eigenvalue weighted by Crippen LogP contribution is 2.11. The van der Waals surface area contributed by atoms with Gasteiger partial charge in [-0.2, -0.15) is 0 Å². The van der Waals surface area contributed by atoms with Crippen LogP contribution in [-0.4, -0.2) is 16.5 Å². The fourth-order valence-electron chi connectivity index (χ4n) is 1.14. The normalized spacial score (nSPS) is 11.4. The van der Waals surface area contributed by atoms with Crippen LogP contribution in [0, 0.1) is 6.92 Å². The highest BCUT2D eigenvalue weighted by atomic mass is 127. The van der Waals surface area contributed by atoms with Crippen LogP contribution in [0.4, 0.5) is 0 Å². The third-order valence-electron chi connectivity index (χ3n) is 2.02. The molecular weight excluding hydrogens is 331 g/mol. The topological polar surface area (TPSA) is 43.4 Å². The van der Waals surface area contributed by atoms with E-state index in [1.807, 2.05) is 16.1 Å². The van der Waals surface area contributed by atoms with Gasteiger partial charge < -0.3 is 4.74 Å². The van der Waals surface area contributed by atoms with Crippen LogP contribution in [0.3, 0.4) is 0 Å². The first-order valence-electron chi connectivity index (χ1n) is 5.03. The Morgan fingerprint density at radius 3 is 2.88 bits per heavy atom. The molecule has 1 aromatic carbocycles. The molecule has 0 unspecified atom stereocenters. The molecule has 0 bridgehead atoms. The van der Waals surface area contributed by atoms with E-state index < -0.39 is 5.97 Å². The highest BCUT2D eigenvalue weighted by Gasteiger charge is 1.96. The summed E-state index contributed by atoms with van der Waals surface area (Å²) < 4.78 is 8.12. The fourth-order valence-corrected chi connectivity index (χ4v) is 2.64. The number of aryl methyl sites for hydroxylation is 1. The lowest BCUT2D eigenvalue weighted by Gasteiger charge is -1.96. The number of ether oxygens (including phenoxy) is 1. The average Bonchev–Trinajstić information content (AvgIpc) is 2.31. The Hall–Kier alpha value is -1.30. The maximum Gasteiger partial charge on any atom is 0.317 e. The van der Waals surface area contributed by atoms with Crippen molar-refractivity contribution in [2.24, 2.45) is 0 Å². The maximum absolute atomic E-state index is 10.8. The molecular formula is C13H13IO3. The van der Waals surface area contributed by atoms with Gasteiger partial charge in [0.15, 0.2) is 0 Å². The van der Waals surface area contributed by atoms with Gasteiger partial charge in [0, 0.05) is 0 Å². The molecule has 0 aliphatic rings. The largest absolute Gasteiger partial charge is 0.395 e. The lowest BCUT2D eigenvalue weighted by atomic mass is 10.1. The summed E-state index contributed by atoms with van der Waals surface area (Å²) in [6, 6.07) is 8.11. The summed E-state index contributed by atoms with van der Waals surface area (Å²) >= 11 is -0.281. The molecule has 0 amide bonds. The van der Waals surface area contributed by atoms with Crippen molar-refractivity contribution in [3.05, 3.63) is 39.5 Å². The second kappa shape index (κ2) is 7.89. The maximum atomic E-state index is 10.8. The van der Waals surface area contributed by atoms with Crippen LogP contribution in [-0.2, 0) is 14.3 Å². The Kier molecular flexibility index (Phi) is 6.39. The third kappa shape index (κ3) is 5.53. The molecule has 0 saturated heterocycles. The van der Waals surface area contributed by atoms with Gasteiger partial charge in [-0.1, -0.05) is 45.0 Å². The molecule has 0 saturated carbocycles. The van der Waals surface area contributed by atoms with E-state index in [4.69, 9.17) is 0 Å². The summed E-state index contributed by atoms with van der Waals surface area (Å²) in [7, 11) is 0. The van der Waals surface area contributed by atoms with Gasteiger partial charge in [0.2, 0.25) is 0 Å². The summed E-state index contributed by atoms with van der Waals surface area (Å²) in [4.78, 5) is 20.7. The lowest BCUT2D eigenvalue weighted by molar-refractivity contribution is -0.150. The minimum Gasteiger partial charge on any atom is -0.395 e. The van der Waals surface area contributed by atoms with E-state index in [0.717, 1.165) is 0 Å². The number of halogens is 1. The summed E-state index contributed by atoms with van der Waals surface area (Å²) in [6.45, 7) is 2.22. The first kappa shape index (κ1) is 13.8. The summed E-state index contributed by atoms with van der Waals surface area (Å²) in [5, 5.41) is 0. The molecule has 0 spiro atoms. The smallest absolute Gasteiger partial charge is 0.317 e. The van der Waals surface area contributed by atoms with Gasteiger partial charge in [-0.3, -0.25) is 9.59 Å². The molecule has 0 radical (unpaired) electrons. The van der Waals surface area contributed by atoms with E-state index in [-0.39, 0.29) is 33.6 Å². The Balaban J connectivity index is 2.45. The zero-order valence-electron chi connectivity index (χ0n) is 9.43. The molecule has 0 aliphatic carbocycles. The van der Waals surface area contributed by atoms with Crippen molar-refractivity contribution >= 4 is 43.3 Å². The van der Waals surface area contributed by atoms with Gasteiger partial charge >= 0.3 is 12.4 Å². The zero-order chi connectivity index (χ0) is 12.5. The van der Waals surface area contributed by atoms with Gasteiger partial charge in [0.1, 0.15) is 0 Å². The number of hydrogen-bond acceptors (Lipinski definition) is 3. The van der Waals surface area contributed by atoms with Crippen molar-refractivity contribution in [2.75, 3.05) is 0 Å². The van der Waals surface area contributed by atoms with Crippen LogP contribution in [0.15, 0.2) is 28.3 Å². The molecule has 1 rings (SSSR count). The predicted molar refractivity (Wildman–Crippen MR) is 77.1 cm³/mol. The molecule has 90 valence electrons. The Morgan fingerprint density at radius 1 is 1.41 bits per heavy atom. The minimum absolute atomic E-state index is 0.164. The van der Waals surface area contributed by atoms with E-state index in [9.17, 15) is 9.59 Å². The van der Waals surface area contributed by atoms with Crippen LogP contribution < -0.4 is 0 Å². The lowest BCUT2D eigenvalue weighted by Crippen LogP contribution is -2.01. The van der Waals surface area contributed by atoms with Crippen molar-refractivity contribution in [1.82, 2.24) is 0 Å². The molecule has 0 N–H and O–H groups in total. The molecule has 0 atom stereocenters. The molecule has 3 nitrogen and oxygen atoms in total. The highest BCUT2D eigenvalue weighted by molar-refractivity contribution is 14.2. The quantitative estimate of drug-likeness (QED) is 0.357. The van der Waals surface area contributed by atoms with Gasteiger partial charge in [-0.15, -0.1) is 0 Å². The standard InChI is InChI=1S/C13H13IO3/c1-11-4-2-3-5-12(11)6-8-14-9-7-13(16)17-10-15/h2-6,8-10H,7H2,1H3/b8-6-. The number of esters is 1. The van der Waals surface area contributed by atoms with Crippen molar-refractivity contribution in [2.45, 2.75) is 13.3 Å². The first-order chi connectivity index (χ1) is 8.24. The van der Waals surface area contributed by atoms with Crippen molar-refractivity contribution in [3.63, 3.8) is 0 Å². The number of benzene rings is 1. The van der Waals surface area contributed by atoms with Crippen LogP contribution in [0.5, 0.6) is 0 Å². The number of carbonyl (C=O) groups is 2. The predicted octanol–water partition coefficient (Wildman–Crippen LogP) is 2.83. The van der Waals surface area contributed by atoms with Gasteiger partial charge in [-0.25, -0.2) is 0 Å². The SMILES string of the molecule is Cc1ccccc1/C=C\I=CCC(=O)OC=O. The van der Waals surface area contributed by atoms with Crippen LogP contribution in [0.25, 0.3) is 6.08 Å². The molecule has 0 fully saturated rings. The summed E-state index contributed by atoms with van der Waals surface area (Å²) in [6.07, 6.45) is 2.26. The number of hydrogen-bond donors (Lipinski definition) is 0. The van der Waals surface area contributed by atoms with Crippen LogP contribution in [0.2, 0.25) is 0 Å². The van der Waals surface area contributed by atoms with Crippen molar-refractivity contribution in [3.8, 4) is 0 Å². The zero-order valence-corrected chi connectivity index (χ0v) is 11.6. The Labute approximate surface area is 110 Å². The van der Waals surface area contributed by atoms with E-state index in [2.05, 4.69) is 34.0 Å². The van der Waals surface area contributed by atoms with Crippen molar-refractivity contribution < 1.29 is 14.3 Å². The van der Waals surface area contributed by atoms with Gasteiger partial charge in [0.25, 0.3) is 0 Å². The van der Waals surface area contributed by atoms with E-state index in [1.165, 1.54) is 11.1 Å². The molecule has 0 aromatic heterocycles. The number of carbonyl (C=O) groups excluding carboxylic acids is 2. The summed E-state index contributed by atoms with van der Waals surface area (Å²) in [5.74, 6) is -0.496. The van der Waals surface area contributed by atoms with Crippen molar-refractivity contribution in [1.29, 1.82) is 0 Å². The summed E-state index contributed by atoms with van der Waals surface area (Å²) in [5.41, 5.74) is 2.42. The Bertz CT molecular complexity index is 450. The molecule has 1 aromatic rings. The van der Waals surface area contributed by atoms with Crippen LogP contribution >= 0.6 is 20.7 Å². The van der Waals surface area contributed by atoms with E-state index in [1.54, 1.807) is 0 Å². The molecule has 17 heavy (non-hydrogen) atoms. The van der Waals surface area contributed by atoms with Crippen LogP contribution in [0.1, 0.15) is 17.5 Å². The van der Waals surface area contributed by atoms with Gasteiger partial charge in [0.05, 0.1) is 6.42 Å². The van der Waals surface area contributed by atoms with E-state index >= 15 is 0 Å². The minimum atomic E-state index is -0.496. The fraction of sp³-hybridized carbons (Fsp3) is 0.154. The van der Waals surface area contributed by atoms with E-state index in [0.29, 0.717) is 0 Å². The first-order valence-corrected chi connectivity index (χ1v) is 7.52. The Morgan fingerprint density at radius 2 is 2.18 bits per heavy atom. The van der Waals surface area contributed by atoms with Gasteiger partial charge in [-0.05, 0) is 32.2 Å².